The fraction of sp³-hybridized carbons (Fsp3) is 0.167. The highest BCUT2D eigenvalue weighted by Crippen LogP contribution is 2.53. The van der Waals surface area contributed by atoms with Crippen LogP contribution >= 0.6 is 0 Å². The molecule has 2 aliphatic rings. The van der Waals surface area contributed by atoms with Crippen LogP contribution in [0.25, 0.3) is 0 Å². The minimum Gasteiger partial charge on any atom is -0.304 e. The van der Waals surface area contributed by atoms with Crippen LogP contribution in [0.1, 0.15) is 16.7 Å². The lowest BCUT2D eigenvalue weighted by Crippen LogP contribution is -2.54. The second-order valence-corrected chi connectivity index (χ2v) is 9.97. The molecule has 0 bridgehead atoms. The molecule has 31 heavy (non-hydrogen) atoms. The van der Waals surface area contributed by atoms with Crippen LogP contribution < -0.4 is 9.80 Å². The van der Waals surface area contributed by atoms with Gasteiger partial charge in [-0.1, -0.05) is 60.2 Å². The number of benzene rings is 3. The number of carbonyl (C=O) groups is 2. The molecule has 3 aromatic carbocycles. The Kier molecular flexibility index (Phi) is 4.27. The Hall–Kier alpha value is -3.45. The zero-order chi connectivity index (χ0) is 21.8. The molecule has 0 radical (unpaired) electrons. The van der Waals surface area contributed by atoms with Crippen molar-refractivity contribution in [3.8, 4) is 0 Å². The molecule has 156 valence electrons. The predicted molar refractivity (Wildman–Crippen MR) is 118 cm³/mol. The van der Waals surface area contributed by atoms with Crippen molar-refractivity contribution in [3.05, 3.63) is 95.6 Å². The maximum atomic E-state index is 14.0. The number of rotatable bonds is 3. The Morgan fingerprint density at radius 2 is 1.55 bits per heavy atom. The van der Waals surface area contributed by atoms with Crippen LogP contribution in [0.2, 0.25) is 0 Å². The van der Waals surface area contributed by atoms with Gasteiger partial charge in [-0.25, -0.2) is 8.42 Å². The Labute approximate surface area is 180 Å². The van der Waals surface area contributed by atoms with Crippen molar-refractivity contribution in [2.45, 2.75) is 18.3 Å². The lowest BCUT2D eigenvalue weighted by molar-refractivity contribution is -0.123. The van der Waals surface area contributed by atoms with Crippen molar-refractivity contribution >= 4 is 33.0 Å². The Morgan fingerprint density at radius 1 is 0.903 bits per heavy atom. The van der Waals surface area contributed by atoms with Crippen molar-refractivity contribution in [1.82, 2.24) is 0 Å². The third-order valence-corrected chi connectivity index (χ3v) is 7.97. The molecule has 6 nitrogen and oxygen atoms in total. The van der Waals surface area contributed by atoms with Gasteiger partial charge in [-0.15, -0.1) is 0 Å². The third-order valence-electron chi connectivity index (χ3n) is 5.87. The summed E-state index contributed by atoms with van der Waals surface area (Å²) in [4.78, 5) is 27.6. The molecule has 0 N–H and O–H groups in total. The van der Waals surface area contributed by atoms with Crippen LogP contribution in [0.5, 0.6) is 0 Å². The highest BCUT2D eigenvalue weighted by molar-refractivity contribution is 7.94. The molecular weight excluding hydrogens is 412 g/mol. The van der Waals surface area contributed by atoms with Crippen LogP contribution in [0.4, 0.5) is 11.4 Å². The molecule has 5 rings (SSSR count). The van der Waals surface area contributed by atoms with E-state index in [2.05, 4.69) is 0 Å². The van der Waals surface area contributed by atoms with E-state index in [9.17, 15) is 18.0 Å². The van der Waals surface area contributed by atoms with Crippen molar-refractivity contribution in [2.24, 2.45) is 0 Å². The average molecular weight is 433 g/mol. The lowest BCUT2D eigenvalue weighted by atomic mass is 10.0. The molecule has 0 aromatic heterocycles. The monoisotopic (exact) mass is 432 g/mol. The summed E-state index contributed by atoms with van der Waals surface area (Å²) in [5.74, 6) is -1.93. The number of anilines is 2. The molecule has 2 heterocycles. The minimum absolute atomic E-state index is 0.212. The van der Waals surface area contributed by atoms with Crippen LogP contribution in [0.3, 0.4) is 0 Å². The summed E-state index contributed by atoms with van der Waals surface area (Å²) in [7, 11) is -4.15. The van der Waals surface area contributed by atoms with E-state index in [0.717, 1.165) is 11.1 Å². The van der Waals surface area contributed by atoms with Gasteiger partial charge in [-0.3, -0.25) is 14.5 Å². The van der Waals surface area contributed by atoms with Gasteiger partial charge in [0.05, 0.1) is 12.2 Å². The van der Waals surface area contributed by atoms with Gasteiger partial charge in [-0.2, -0.15) is 0 Å². The van der Waals surface area contributed by atoms with E-state index in [-0.39, 0.29) is 6.54 Å². The zero-order valence-corrected chi connectivity index (χ0v) is 17.7. The summed E-state index contributed by atoms with van der Waals surface area (Å²) < 4.78 is 27.1. The molecular formula is C24H20N2O4S. The van der Waals surface area contributed by atoms with E-state index < -0.39 is 32.3 Å². The average Bonchev–Trinajstić information content (AvgIpc) is 3.12. The zero-order valence-electron chi connectivity index (χ0n) is 16.9. The predicted octanol–water partition coefficient (Wildman–Crippen LogP) is 3.16. The van der Waals surface area contributed by atoms with Gasteiger partial charge in [0.2, 0.25) is 5.91 Å². The standard InChI is InChI=1S/C24H20N2O4S/c1-17-12-13-21-20(14-17)24(23(28)25(21)15-18-8-4-2-5-9-18)26(19-10-6-3-7-11-19)22(27)16-31(24,29)30/h2-14H,15-16H2,1H3/t24-/m1/s1. The topological polar surface area (TPSA) is 74.8 Å². The van der Waals surface area contributed by atoms with E-state index in [1.54, 1.807) is 42.5 Å². The van der Waals surface area contributed by atoms with E-state index in [1.165, 1.54) is 9.80 Å². The van der Waals surface area contributed by atoms with E-state index in [0.29, 0.717) is 16.9 Å². The first-order valence-electron chi connectivity index (χ1n) is 9.94. The van der Waals surface area contributed by atoms with Gasteiger partial charge in [0, 0.05) is 11.3 Å². The largest absolute Gasteiger partial charge is 0.304 e. The maximum Gasteiger partial charge on any atom is 0.274 e. The Balaban J connectivity index is 1.78. The number of amides is 2. The van der Waals surface area contributed by atoms with Crippen LogP contribution in [0, 0.1) is 6.92 Å². The van der Waals surface area contributed by atoms with E-state index >= 15 is 0 Å². The highest BCUT2D eigenvalue weighted by Gasteiger charge is 2.69. The third kappa shape index (κ3) is 2.66. The number of aryl methyl sites for hydroxylation is 1. The maximum absolute atomic E-state index is 14.0. The molecule has 0 aliphatic carbocycles. The normalized spacial score (nSPS) is 21.7. The van der Waals surface area contributed by atoms with Gasteiger partial charge in [0.15, 0.2) is 9.84 Å². The first-order valence-corrected chi connectivity index (χ1v) is 11.6. The van der Waals surface area contributed by atoms with E-state index in [4.69, 9.17) is 0 Å². The quantitative estimate of drug-likeness (QED) is 0.637. The molecule has 0 saturated carbocycles. The van der Waals surface area contributed by atoms with Crippen molar-refractivity contribution in [2.75, 3.05) is 15.6 Å². The van der Waals surface area contributed by atoms with Crippen molar-refractivity contribution in [1.29, 1.82) is 0 Å². The van der Waals surface area contributed by atoms with E-state index in [1.807, 2.05) is 43.3 Å². The van der Waals surface area contributed by atoms with Gasteiger partial charge in [0.1, 0.15) is 5.75 Å². The van der Waals surface area contributed by atoms with Crippen molar-refractivity contribution < 1.29 is 18.0 Å². The summed E-state index contributed by atoms with van der Waals surface area (Å²) in [6.45, 7) is 2.05. The van der Waals surface area contributed by atoms with Gasteiger partial charge >= 0.3 is 0 Å². The highest BCUT2D eigenvalue weighted by atomic mass is 32.2. The Morgan fingerprint density at radius 3 is 2.23 bits per heavy atom. The molecule has 2 aliphatic heterocycles. The number of nitrogens with zero attached hydrogens (tertiary/aromatic N) is 2. The lowest BCUT2D eigenvalue weighted by Gasteiger charge is -2.32. The molecule has 2 amide bonds. The number of para-hydroxylation sites is 1. The van der Waals surface area contributed by atoms with Crippen molar-refractivity contribution in [3.63, 3.8) is 0 Å². The number of fused-ring (bicyclic) bond motifs is 2. The first-order chi connectivity index (χ1) is 14.9. The molecule has 1 atom stereocenters. The summed E-state index contributed by atoms with van der Waals surface area (Å²) in [5.41, 5.74) is 2.92. The summed E-state index contributed by atoms with van der Waals surface area (Å²) >= 11 is 0. The van der Waals surface area contributed by atoms with Gasteiger partial charge < -0.3 is 4.90 Å². The molecule has 1 saturated heterocycles. The molecule has 7 heteroatoms. The minimum atomic E-state index is -4.15. The molecule has 0 unspecified atom stereocenters. The second-order valence-electron chi connectivity index (χ2n) is 7.87. The number of hydrogen-bond acceptors (Lipinski definition) is 4. The number of sulfone groups is 1. The molecule has 3 aromatic rings. The van der Waals surface area contributed by atoms with Crippen LogP contribution in [-0.2, 0) is 30.8 Å². The fourth-order valence-electron chi connectivity index (χ4n) is 4.55. The molecule has 1 fully saturated rings. The number of carbonyl (C=O) groups excluding carboxylic acids is 2. The van der Waals surface area contributed by atoms with Gasteiger partial charge in [0.25, 0.3) is 10.8 Å². The summed E-state index contributed by atoms with van der Waals surface area (Å²) in [6.07, 6.45) is 0. The van der Waals surface area contributed by atoms with Gasteiger partial charge in [-0.05, 0) is 36.8 Å². The summed E-state index contributed by atoms with van der Waals surface area (Å²) in [6, 6.07) is 23.2. The fourth-order valence-corrected chi connectivity index (χ4v) is 6.58. The van der Waals surface area contributed by atoms with Crippen LogP contribution in [-0.4, -0.2) is 26.0 Å². The number of hydrogen-bond donors (Lipinski definition) is 0. The molecule has 1 spiro atoms. The smallest absolute Gasteiger partial charge is 0.274 e. The first kappa shape index (κ1) is 19.5. The summed E-state index contributed by atoms with van der Waals surface area (Å²) in [5, 5.41) is 0. The SMILES string of the molecule is Cc1ccc2c(c1)[C@@]1(C(=O)N2Cc2ccccc2)N(c2ccccc2)C(=O)CS1(=O)=O. The Bertz CT molecular complexity index is 1310. The second kappa shape index (κ2) is 6.78. The van der Waals surface area contributed by atoms with Crippen LogP contribution in [0.15, 0.2) is 78.9 Å².